The lowest BCUT2D eigenvalue weighted by molar-refractivity contribution is -0.130. The van der Waals surface area contributed by atoms with Gasteiger partial charge >= 0.3 is 0 Å². The minimum atomic E-state index is 0.159. The van der Waals surface area contributed by atoms with Crippen molar-refractivity contribution in [3.63, 3.8) is 0 Å². The molecule has 1 aromatic carbocycles. The van der Waals surface area contributed by atoms with Crippen molar-refractivity contribution >= 4 is 23.7 Å². The van der Waals surface area contributed by atoms with Gasteiger partial charge < -0.3 is 10.2 Å². The molecule has 3 unspecified atom stereocenters. The number of benzene rings is 1. The summed E-state index contributed by atoms with van der Waals surface area (Å²) in [6.45, 7) is 3.27. The van der Waals surface area contributed by atoms with Crippen LogP contribution in [0.25, 0.3) is 6.08 Å². The number of carbonyl (C=O) groups is 1. The normalized spacial score (nSPS) is 27.5. The third kappa shape index (κ3) is 3.55. The molecule has 0 bridgehead atoms. The van der Waals surface area contributed by atoms with E-state index in [4.69, 9.17) is 0 Å². The first-order valence-corrected chi connectivity index (χ1v) is 9.20. The average molecular weight is 316 g/mol. The van der Waals surface area contributed by atoms with Crippen molar-refractivity contribution < 1.29 is 4.79 Å². The van der Waals surface area contributed by atoms with Crippen LogP contribution in [0.3, 0.4) is 0 Å². The van der Waals surface area contributed by atoms with Gasteiger partial charge in [-0.25, -0.2) is 0 Å². The summed E-state index contributed by atoms with van der Waals surface area (Å²) in [5.74, 6) is 0.869. The zero-order valence-electron chi connectivity index (χ0n) is 13.1. The highest BCUT2D eigenvalue weighted by atomic mass is 32.2. The van der Waals surface area contributed by atoms with E-state index in [-0.39, 0.29) is 17.3 Å². The second kappa shape index (κ2) is 7.34. The van der Waals surface area contributed by atoms with Crippen LogP contribution >= 0.6 is 11.8 Å². The molecule has 1 aromatic rings. The van der Waals surface area contributed by atoms with Gasteiger partial charge in [-0.3, -0.25) is 4.79 Å². The summed E-state index contributed by atoms with van der Waals surface area (Å²) in [4.78, 5) is 14.4. The summed E-state index contributed by atoms with van der Waals surface area (Å²) in [6, 6.07) is 11.0. The number of thioether (sulfide) groups is 1. The third-order valence-electron chi connectivity index (χ3n) is 4.56. The summed E-state index contributed by atoms with van der Waals surface area (Å²) in [6.07, 6.45) is 7.99. The van der Waals surface area contributed by atoms with E-state index in [0.29, 0.717) is 11.8 Å². The molecule has 22 heavy (non-hydrogen) atoms. The predicted molar refractivity (Wildman–Crippen MR) is 93.7 cm³/mol. The summed E-state index contributed by atoms with van der Waals surface area (Å²) < 4.78 is 0. The second-order valence-electron chi connectivity index (χ2n) is 6.07. The minimum Gasteiger partial charge on any atom is -0.322 e. The van der Waals surface area contributed by atoms with Crippen molar-refractivity contribution in [2.24, 2.45) is 0 Å². The number of carbonyl (C=O) groups excluding carboxylic acids is 1. The van der Waals surface area contributed by atoms with Gasteiger partial charge in [-0.1, -0.05) is 48.9 Å². The van der Waals surface area contributed by atoms with Gasteiger partial charge in [0.15, 0.2) is 0 Å². The maximum absolute atomic E-state index is 12.3. The first kappa shape index (κ1) is 15.6. The highest BCUT2D eigenvalue weighted by Gasteiger charge is 2.36. The van der Waals surface area contributed by atoms with E-state index >= 15 is 0 Å². The standard InChI is InChI=1S/C18H24N2OS/c1-14(16-9-5-6-12-19-16)20-17(21)13-22-18(20)11-10-15-7-3-2-4-8-15/h2-4,7-8,10-11,14,16,18-19H,5-6,9,12-13H2,1H3. The monoisotopic (exact) mass is 316 g/mol. The van der Waals surface area contributed by atoms with Crippen LogP contribution < -0.4 is 5.32 Å². The molecule has 4 heteroatoms. The van der Waals surface area contributed by atoms with E-state index in [0.717, 1.165) is 6.54 Å². The van der Waals surface area contributed by atoms with E-state index in [9.17, 15) is 4.79 Å². The van der Waals surface area contributed by atoms with Gasteiger partial charge in [0.05, 0.1) is 11.1 Å². The molecule has 0 aromatic heterocycles. The van der Waals surface area contributed by atoms with Gasteiger partial charge in [0.2, 0.25) is 5.91 Å². The Labute approximate surface area is 137 Å². The lowest BCUT2D eigenvalue weighted by atomic mass is 9.98. The first-order chi connectivity index (χ1) is 10.8. The fourth-order valence-corrected chi connectivity index (χ4v) is 4.42. The molecule has 2 saturated heterocycles. The molecule has 1 amide bonds. The molecular formula is C18H24N2OS. The molecule has 2 aliphatic rings. The van der Waals surface area contributed by atoms with Crippen LogP contribution in [-0.4, -0.2) is 40.6 Å². The van der Waals surface area contributed by atoms with E-state index in [2.05, 4.69) is 41.4 Å². The number of hydrogen-bond acceptors (Lipinski definition) is 3. The summed E-state index contributed by atoms with van der Waals surface area (Å²) in [7, 11) is 0. The van der Waals surface area contributed by atoms with Crippen LogP contribution in [0.1, 0.15) is 31.7 Å². The summed E-state index contributed by atoms with van der Waals surface area (Å²) in [5, 5.41) is 3.74. The van der Waals surface area contributed by atoms with Crippen molar-refractivity contribution in [1.82, 2.24) is 10.2 Å². The molecule has 0 spiro atoms. The molecule has 3 nitrogen and oxygen atoms in total. The molecule has 2 aliphatic heterocycles. The Morgan fingerprint density at radius 3 is 2.86 bits per heavy atom. The molecule has 0 saturated carbocycles. The number of nitrogens with zero attached hydrogens (tertiary/aromatic N) is 1. The van der Waals surface area contributed by atoms with Crippen LogP contribution in [0.2, 0.25) is 0 Å². The van der Waals surface area contributed by atoms with Crippen molar-refractivity contribution in [2.45, 2.75) is 43.6 Å². The van der Waals surface area contributed by atoms with Crippen molar-refractivity contribution in [2.75, 3.05) is 12.3 Å². The van der Waals surface area contributed by atoms with Crippen molar-refractivity contribution in [1.29, 1.82) is 0 Å². The second-order valence-corrected chi connectivity index (χ2v) is 7.17. The number of piperidine rings is 1. The molecular weight excluding hydrogens is 292 g/mol. The van der Waals surface area contributed by atoms with Crippen molar-refractivity contribution in [3.05, 3.63) is 42.0 Å². The largest absolute Gasteiger partial charge is 0.322 e. The quantitative estimate of drug-likeness (QED) is 0.926. The van der Waals surface area contributed by atoms with Gasteiger partial charge in [-0.2, -0.15) is 0 Å². The van der Waals surface area contributed by atoms with Crippen LogP contribution in [-0.2, 0) is 4.79 Å². The van der Waals surface area contributed by atoms with E-state index in [1.54, 1.807) is 11.8 Å². The topological polar surface area (TPSA) is 32.3 Å². The van der Waals surface area contributed by atoms with Crippen LogP contribution in [0, 0.1) is 0 Å². The number of amides is 1. The summed E-state index contributed by atoms with van der Waals surface area (Å²) >= 11 is 1.73. The zero-order valence-corrected chi connectivity index (χ0v) is 13.9. The molecule has 3 atom stereocenters. The third-order valence-corrected chi connectivity index (χ3v) is 5.70. The van der Waals surface area contributed by atoms with Gasteiger partial charge in [0, 0.05) is 12.1 Å². The van der Waals surface area contributed by atoms with E-state index in [1.165, 1.54) is 24.8 Å². The Morgan fingerprint density at radius 1 is 1.32 bits per heavy atom. The Hall–Kier alpha value is -1.26. The number of nitrogens with one attached hydrogen (secondary N) is 1. The van der Waals surface area contributed by atoms with E-state index < -0.39 is 0 Å². The zero-order chi connectivity index (χ0) is 15.4. The molecule has 0 radical (unpaired) electrons. The smallest absolute Gasteiger partial charge is 0.234 e. The molecule has 3 rings (SSSR count). The Morgan fingerprint density at radius 2 is 2.14 bits per heavy atom. The maximum atomic E-state index is 12.3. The first-order valence-electron chi connectivity index (χ1n) is 8.15. The molecule has 118 valence electrons. The molecule has 2 fully saturated rings. The summed E-state index contributed by atoms with van der Waals surface area (Å²) in [5.41, 5.74) is 1.19. The SMILES string of the molecule is CC(C1CCCCN1)N1C(=O)CSC1C=Cc1ccccc1. The lowest BCUT2D eigenvalue weighted by Crippen LogP contribution is -2.52. The van der Waals surface area contributed by atoms with Gasteiger partial charge in [-0.15, -0.1) is 11.8 Å². The predicted octanol–water partition coefficient (Wildman–Crippen LogP) is 3.13. The Balaban J connectivity index is 1.70. The highest BCUT2D eigenvalue weighted by molar-refractivity contribution is 8.01. The lowest BCUT2D eigenvalue weighted by Gasteiger charge is -2.37. The van der Waals surface area contributed by atoms with Gasteiger partial charge in [-0.05, 0) is 31.9 Å². The van der Waals surface area contributed by atoms with Gasteiger partial charge in [0.25, 0.3) is 0 Å². The van der Waals surface area contributed by atoms with Crippen LogP contribution in [0.4, 0.5) is 0 Å². The molecule has 0 aliphatic carbocycles. The minimum absolute atomic E-state index is 0.159. The average Bonchev–Trinajstić information content (AvgIpc) is 2.95. The molecule has 1 N–H and O–H groups in total. The maximum Gasteiger partial charge on any atom is 0.234 e. The van der Waals surface area contributed by atoms with E-state index in [1.807, 2.05) is 18.2 Å². The van der Waals surface area contributed by atoms with Crippen molar-refractivity contribution in [3.8, 4) is 0 Å². The Kier molecular flexibility index (Phi) is 5.21. The highest BCUT2D eigenvalue weighted by Crippen LogP contribution is 2.30. The Bertz CT molecular complexity index is 525. The van der Waals surface area contributed by atoms with Crippen LogP contribution in [0.15, 0.2) is 36.4 Å². The molecule has 2 heterocycles. The number of hydrogen-bond donors (Lipinski definition) is 1. The van der Waals surface area contributed by atoms with Crippen LogP contribution in [0.5, 0.6) is 0 Å². The van der Waals surface area contributed by atoms with Gasteiger partial charge in [0.1, 0.15) is 0 Å². The number of rotatable bonds is 4. The fraction of sp³-hybridized carbons (Fsp3) is 0.500. The fourth-order valence-electron chi connectivity index (χ4n) is 3.30.